The monoisotopic (exact) mass is 569 g/mol. The van der Waals surface area contributed by atoms with Crippen LogP contribution in [0.3, 0.4) is 0 Å². The minimum Gasteiger partial charge on any atom is -0.434 e. The molecule has 1 aliphatic carbocycles. The highest BCUT2D eigenvalue weighted by Gasteiger charge is 2.50. The number of amides is 3. The highest BCUT2D eigenvalue weighted by Crippen LogP contribution is 2.40. The fraction of sp³-hybridized carbons (Fsp3) is 0.292. The topological polar surface area (TPSA) is 137 Å². The molecule has 210 valence electrons. The van der Waals surface area contributed by atoms with Crippen molar-refractivity contribution < 1.29 is 45.5 Å². The van der Waals surface area contributed by atoms with Gasteiger partial charge in [0.1, 0.15) is 28.9 Å². The number of cyclic esters (lactones) is 1. The number of nitrogens with two attached hydrogens (primary N) is 1. The molecule has 1 aliphatic heterocycles. The first kappa shape index (κ1) is 27.0. The molecule has 2 aliphatic rings. The molecule has 3 aromatic rings. The van der Waals surface area contributed by atoms with Crippen LogP contribution in [0.4, 0.5) is 37.0 Å². The largest absolute Gasteiger partial charge is 0.434 e. The van der Waals surface area contributed by atoms with Gasteiger partial charge in [0.05, 0.1) is 11.9 Å². The van der Waals surface area contributed by atoms with Crippen molar-refractivity contribution in [3.8, 4) is 5.69 Å². The fourth-order valence-corrected chi connectivity index (χ4v) is 4.35. The lowest BCUT2D eigenvalue weighted by Gasteiger charge is -2.22. The van der Waals surface area contributed by atoms with Crippen molar-refractivity contribution in [3.05, 3.63) is 63.7 Å². The molecule has 1 aromatic carbocycles. The molecule has 3 amide bonds. The Morgan fingerprint density at radius 3 is 2.30 bits per heavy atom. The average Bonchev–Trinajstić information content (AvgIpc) is 3.62. The van der Waals surface area contributed by atoms with Crippen molar-refractivity contribution in [3.63, 3.8) is 0 Å². The summed E-state index contributed by atoms with van der Waals surface area (Å²) >= 11 is 0. The molecule has 2 atom stereocenters. The maximum atomic E-state index is 14.9. The van der Waals surface area contributed by atoms with Gasteiger partial charge in [-0.1, -0.05) is 0 Å². The van der Waals surface area contributed by atoms with Gasteiger partial charge in [-0.2, -0.15) is 13.2 Å². The Balaban J connectivity index is 1.69. The second-order valence-corrected chi connectivity index (χ2v) is 9.22. The molecule has 3 heterocycles. The third-order valence-electron chi connectivity index (χ3n) is 6.44. The van der Waals surface area contributed by atoms with E-state index in [4.69, 9.17) is 10.5 Å². The predicted octanol–water partition coefficient (Wildman–Crippen LogP) is 2.68. The fourth-order valence-electron chi connectivity index (χ4n) is 4.35. The Labute approximate surface area is 219 Å². The van der Waals surface area contributed by atoms with E-state index in [0.29, 0.717) is 22.9 Å². The van der Waals surface area contributed by atoms with E-state index in [-0.39, 0.29) is 18.7 Å². The van der Waals surface area contributed by atoms with E-state index < -0.39 is 93.9 Å². The van der Waals surface area contributed by atoms with Gasteiger partial charge in [-0.15, -0.1) is 0 Å². The number of ether oxygens (including phenoxy) is 1. The van der Waals surface area contributed by atoms with E-state index in [0.717, 1.165) is 17.0 Å². The summed E-state index contributed by atoms with van der Waals surface area (Å²) in [6.45, 7) is -0.392. The summed E-state index contributed by atoms with van der Waals surface area (Å²) in [7, 11) is 0. The number of nitrogens with zero attached hydrogens (tertiary/aromatic N) is 3. The summed E-state index contributed by atoms with van der Waals surface area (Å²) < 4.78 is 89.3. The molecule has 1 saturated heterocycles. The minimum absolute atomic E-state index is 0.195. The van der Waals surface area contributed by atoms with E-state index in [2.05, 4.69) is 4.98 Å². The molecule has 40 heavy (non-hydrogen) atoms. The molecule has 2 aromatic heterocycles. The van der Waals surface area contributed by atoms with E-state index in [1.165, 1.54) is 0 Å². The van der Waals surface area contributed by atoms with Gasteiger partial charge in [-0.25, -0.2) is 22.9 Å². The third kappa shape index (κ3) is 4.80. The number of carbonyl (C=O) groups is 3. The van der Waals surface area contributed by atoms with Crippen LogP contribution in [0.1, 0.15) is 23.2 Å². The van der Waals surface area contributed by atoms with Crippen molar-refractivity contribution in [1.82, 2.24) is 14.9 Å². The van der Waals surface area contributed by atoms with Crippen molar-refractivity contribution in [2.45, 2.75) is 31.2 Å². The van der Waals surface area contributed by atoms with Crippen LogP contribution in [0.25, 0.3) is 16.7 Å². The van der Waals surface area contributed by atoms with Crippen LogP contribution >= 0.6 is 0 Å². The first-order chi connectivity index (χ1) is 18.8. The number of pyridine rings is 2. The Hall–Kier alpha value is -4.63. The van der Waals surface area contributed by atoms with Crippen molar-refractivity contribution in [2.75, 3.05) is 11.4 Å². The number of anilines is 1. The van der Waals surface area contributed by atoms with E-state index in [9.17, 15) is 45.5 Å². The highest BCUT2D eigenvalue weighted by molar-refractivity contribution is 5.98. The number of benzene rings is 1. The average molecular weight is 569 g/mol. The SMILES string of the molecule is NC(=O)C1CN(c2ccc3c(=O)c(C(=O)NC(C4CC4)C(F)(F)F)cn(-c4c(F)cc(F)cc4F)c3n2)C(=O)O1. The molecule has 0 radical (unpaired) electrons. The molecule has 16 heteroatoms. The van der Waals surface area contributed by atoms with Gasteiger partial charge in [-0.3, -0.25) is 23.9 Å². The van der Waals surface area contributed by atoms with Gasteiger partial charge in [0.15, 0.2) is 23.4 Å². The van der Waals surface area contributed by atoms with Crippen LogP contribution < -0.4 is 21.4 Å². The van der Waals surface area contributed by atoms with Crippen LogP contribution in [0.2, 0.25) is 0 Å². The first-order valence-electron chi connectivity index (χ1n) is 11.6. The maximum Gasteiger partial charge on any atom is 0.416 e. The molecule has 3 N–H and O–H groups in total. The zero-order valence-electron chi connectivity index (χ0n) is 20.0. The van der Waals surface area contributed by atoms with Crippen molar-refractivity contribution in [1.29, 1.82) is 0 Å². The highest BCUT2D eigenvalue weighted by atomic mass is 19.4. The number of hydrogen-bond acceptors (Lipinski definition) is 6. The number of carbonyl (C=O) groups excluding carboxylic acids is 3. The van der Waals surface area contributed by atoms with Gasteiger partial charge in [-0.05, 0) is 30.9 Å². The number of halogens is 6. The molecule has 0 bridgehead atoms. The van der Waals surface area contributed by atoms with Crippen molar-refractivity contribution in [2.24, 2.45) is 11.7 Å². The molecule has 5 rings (SSSR count). The molecular weight excluding hydrogens is 552 g/mol. The number of fused-ring (bicyclic) bond motifs is 1. The van der Waals surface area contributed by atoms with Crippen molar-refractivity contribution >= 4 is 34.8 Å². The van der Waals surface area contributed by atoms with Gasteiger partial charge in [0.25, 0.3) is 11.8 Å². The molecule has 0 spiro atoms. The summed E-state index contributed by atoms with van der Waals surface area (Å²) in [4.78, 5) is 54.8. The normalized spacial score (nSPS) is 18.1. The van der Waals surface area contributed by atoms with E-state index in [1.54, 1.807) is 5.32 Å². The number of primary amides is 1. The summed E-state index contributed by atoms with van der Waals surface area (Å²) in [5.41, 5.74) is 1.55. The molecule has 1 saturated carbocycles. The van der Waals surface area contributed by atoms with E-state index >= 15 is 0 Å². The van der Waals surface area contributed by atoms with E-state index in [1.807, 2.05) is 0 Å². The van der Waals surface area contributed by atoms with Gasteiger partial charge < -0.3 is 15.8 Å². The Morgan fingerprint density at radius 1 is 1.10 bits per heavy atom. The standard InChI is InChI=1S/C24H17F6N5O5/c25-10-5-13(26)17(14(27)6-10)35-7-12(22(38)33-19(9-1-2-9)24(28,29)30)18(36)11-3-4-16(32-21(11)35)34-8-15(20(31)37)40-23(34)39/h3-7,9,15,19H,1-2,8H2,(H2,31,37)(H,33,38). The number of rotatable bonds is 6. The zero-order chi connectivity index (χ0) is 29.1. The molecular formula is C24H17F6N5O5. The van der Waals surface area contributed by atoms with Crippen LogP contribution in [0.5, 0.6) is 0 Å². The Bertz CT molecular complexity index is 1610. The number of alkyl halides is 3. The lowest BCUT2D eigenvalue weighted by Crippen LogP contribution is -2.48. The number of aromatic nitrogens is 2. The summed E-state index contributed by atoms with van der Waals surface area (Å²) in [6, 6.07) is 0.435. The van der Waals surface area contributed by atoms with Gasteiger partial charge in [0.2, 0.25) is 5.43 Å². The first-order valence-corrected chi connectivity index (χ1v) is 11.6. The number of hydrogen-bond donors (Lipinski definition) is 2. The van der Waals surface area contributed by atoms with Crippen LogP contribution in [0.15, 0.2) is 35.3 Å². The Kier molecular flexibility index (Phi) is 6.42. The summed E-state index contributed by atoms with van der Waals surface area (Å²) in [5.74, 6) is -7.89. The summed E-state index contributed by atoms with van der Waals surface area (Å²) in [6.07, 6.45) is -6.27. The quantitative estimate of drug-likeness (QED) is 0.438. The smallest absolute Gasteiger partial charge is 0.416 e. The molecule has 2 fully saturated rings. The predicted molar refractivity (Wildman–Crippen MR) is 124 cm³/mol. The zero-order valence-corrected chi connectivity index (χ0v) is 20.0. The van der Waals surface area contributed by atoms with Gasteiger partial charge >= 0.3 is 12.3 Å². The second-order valence-electron chi connectivity index (χ2n) is 9.22. The lowest BCUT2D eigenvalue weighted by atomic mass is 10.1. The molecule has 10 nitrogen and oxygen atoms in total. The van der Waals surface area contributed by atoms with Crippen LogP contribution in [-0.4, -0.2) is 52.3 Å². The Morgan fingerprint density at radius 2 is 1.75 bits per heavy atom. The minimum atomic E-state index is -4.83. The second kappa shape index (κ2) is 9.53. The van der Waals surface area contributed by atoms with Crippen LogP contribution in [0, 0.1) is 23.4 Å². The molecule has 2 unspecified atom stereocenters. The van der Waals surface area contributed by atoms with Gasteiger partial charge in [0, 0.05) is 18.3 Å². The number of nitrogens with one attached hydrogen (secondary N) is 1. The maximum absolute atomic E-state index is 14.9. The summed E-state index contributed by atoms with van der Waals surface area (Å²) in [5, 5.41) is 1.30. The third-order valence-corrected chi connectivity index (χ3v) is 6.44. The van der Waals surface area contributed by atoms with Crippen LogP contribution in [-0.2, 0) is 9.53 Å². The lowest BCUT2D eigenvalue weighted by molar-refractivity contribution is -0.158.